The molecule has 0 atom stereocenters. The standard InChI is InChI=1S/C12H10BrClN2O/c13-9-5-10(12(14)16-7-9)15-6-8-3-1-2-4-11(8)17/h1-5,7,15,17H,6H2. The van der Waals surface area contributed by atoms with E-state index in [9.17, 15) is 5.11 Å². The molecule has 0 saturated heterocycles. The van der Waals surface area contributed by atoms with Crippen LogP contribution in [0, 0.1) is 0 Å². The zero-order valence-corrected chi connectivity index (χ0v) is 11.2. The normalized spacial score (nSPS) is 10.2. The van der Waals surface area contributed by atoms with E-state index in [1.165, 1.54) is 0 Å². The van der Waals surface area contributed by atoms with Crippen LogP contribution in [-0.2, 0) is 6.54 Å². The molecule has 0 aliphatic heterocycles. The molecule has 1 heterocycles. The first-order valence-electron chi connectivity index (χ1n) is 4.98. The van der Waals surface area contributed by atoms with E-state index < -0.39 is 0 Å². The molecule has 5 heteroatoms. The Hall–Kier alpha value is -1.26. The number of hydrogen-bond acceptors (Lipinski definition) is 3. The summed E-state index contributed by atoms with van der Waals surface area (Å²) in [5.74, 6) is 0.263. The molecule has 0 unspecified atom stereocenters. The number of phenols is 1. The maximum Gasteiger partial charge on any atom is 0.152 e. The van der Waals surface area contributed by atoms with E-state index in [-0.39, 0.29) is 5.75 Å². The number of para-hydroxylation sites is 1. The fourth-order valence-corrected chi connectivity index (χ4v) is 1.90. The summed E-state index contributed by atoms with van der Waals surface area (Å²) >= 11 is 9.27. The van der Waals surface area contributed by atoms with Crippen LogP contribution < -0.4 is 5.32 Å². The van der Waals surface area contributed by atoms with E-state index in [2.05, 4.69) is 26.2 Å². The highest BCUT2D eigenvalue weighted by Gasteiger charge is 2.04. The summed E-state index contributed by atoms with van der Waals surface area (Å²) in [6.45, 7) is 0.491. The van der Waals surface area contributed by atoms with Crippen molar-refractivity contribution in [3.8, 4) is 5.75 Å². The first-order chi connectivity index (χ1) is 8.16. The number of rotatable bonds is 3. The van der Waals surface area contributed by atoms with Crippen LogP contribution in [-0.4, -0.2) is 10.1 Å². The van der Waals surface area contributed by atoms with E-state index >= 15 is 0 Å². The number of halogens is 2. The Balaban J connectivity index is 2.12. The predicted molar refractivity (Wildman–Crippen MR) is 72.4 cm³/mol. The van der Waals surface area contributed by atoms with Gasteiger partial charge in [-0.3, -0.25) is 0 Å². The van der Waals surface area contributed by atoms with Gasteiger partial charge in [0.2, 0.25) is 0 Å². The molecule has 0 bridgehead atoms. The molecule has 0 saturated carbocycles. The fourth-order valence-electron chi connectivity index (χ4n) is 1.40. The van der Waals surface area contributed by atoms with Gasteiger partial charge in [0, 0.05) is 22.8 Å². The average Bonchev–Trinajstić information content (AvgIpc) is 2.32. The highest BCUT2D eigenvalue weighted by Crippen LogP contribution is 2.24. The second-order valence-corrected chi connectivity index (χ2v) is 4.75. The molecule has 1 aromatic heterocycles. The summed E-state index contributed by atoms with van der Waals surface area (Å²) in [5, 5.41) is 13.1. The maximum absolute atomic E-state index is 9.61. The van der Waals surface area contributed by atoms with Crippen molar-refractivity contribution in [1.29, 1.82) is 0 Å². The van der Waals surface area contributed by atoms with E-state index in [4.69, 9.17) is 11.6 Å². The van der Waals surface area contributed by atoms with E-state index in [0.29, 0.717) is 11.7 Å². The second-order valence-electron chi connectivity index (χ2n) is 3.47. The van der Waals surface area contributed by atoms with E-state index in [1.807, 2.05) is 18.2 Å². The Morgan fingerprint density at radius 3 is 2.88 bits per heavy atom. The molecule has 2 rings (SSSR count). The molecular weight excluding hydrogens is 304 g/mol. The molecule has 2 N–H and O–H groups in total. The summed E-state index contributed by atoms with van der Waals surface area (Å²) in [6.07, 6.45) is 1.63. The van der Waals surface area contributed by atoms with Crippen molar-refractivity contribution in [1.82, 2.24) is 4.98 Å². The van der Waals surface area contributed by atoms with Gasteiger partial charge in [-0.15, -0.1) is 0 Å². The average molecular weight is 314 g/mol. The minimum Gasteiger partial charge on any atom is -0.508 e. The molecular formula is C12H10BrClN2O. The lowest BCUT2D eigenvalue weighted by Crippen LogP contribution is -2.00. The predicted octanol–water partition coefficient (Wildman–Crippen LogP) is 3.82. The zero-order valence-electron chi connectivity index (χ0n) is 8.82. The smallest absolute Gasteiger partial charge is 0.152 e. The summed E-state index contributed by atoms with van der Waals surface area (Å²) in [5.41, 5.74) is 1.54. The SMILES string of the molecule is Oc1ccccc1CNc1cc(Br)cnc1Cl. The zero-order chi connectivity index (χ0) is 12.3. The van der Waals surface area contributed by atoms with Crippen LogP contribution in [0.2, 0.25) is 5.15 Å². The molecule has 0 amide bonds. The number of nitrogens with zero attached hydrogens (tertiary/aromatic N) is 1. The van der Waals surface area contributed by atoms with Crippen LogP contribution in [0.1, 0.15) is 5.56 Å². The minimum absolute atomic E-state index is 0.263. The maximum atomic E-state index is 9.61. The van der Waals surface area contributed by atoms with Gasteiger partial charge in [0.25, 0.3) is 0 Å². The molecule has 0 spiro atoms. The van der Waals surface area contributed by atoms with Gasteiger partial charge < -0.3 is 10.4 Å². The van der Waals surface area contributed by atoms with Crippen LogP contribution in [0.4, 0.5) is 5.69 Å². The lowest BCUT2D eigenvalue weighted by molar-refractivity contribution is 0.469. The summed E-state index contributed by atoms with van der Waals surface area (Å²) in [6, 6.07) is 9.00. The topological polar surface area (TPSA) is 45.1 Å². The highest BCUT2D eigenvalue weighted by atomic mass is 79.9. The molecule has 0 aliphatic rings. The van der Waals surface area contributed by atoms with Crippen molar-refractivity contribution >= 4 is 33.2 Å². The lowest BCUT2D eigenvalue weighted by atomic mass is 10.2. The highest BCUT2D eigenvalue weighted by molar-refractivity contribution is 9.10. The van der Waals surface area contributed by atoms with Crippen molar-refractivity contribution in [2.45, 2.75) is 6.54 Å². The van der Waals surface area contributed by atoms with E-state index in [0.717, 1.165) is 15.7 Å². The van der Waals surface area contributed by atoms with Crippen molar-refractivity contribution in [2.75, 3.05) is 5.32 Å². The molecule has 0 fully saturated rings. The fraction of sp³-hybridized carbons (Fsp3) is 0.0833. The first-order valence-corrected chi connectivity index (χ1v) is 6.15. The van der Waals surface area contributed by atoms with Crippen LogP contribution in [0.5, 0.6) is 5.75 Å². The quantitative estimate of drug-likeness (QED) is 0.847. The van der Waals surface area contributed by atoms with Gasteiger partial charge >= 0.3 is 0 Å². The number of hydrogen-bond donors (Lipinski definition) is 2. The molecule has 2 aromatic rings. The Morgan fingerprint density at radius 1 is 1.35 bits per heavy atom. The van der Waals surface area contributed by atoms with Gasteiger partial charge in [0.05, 0.1) is 5.69 Å². The van der Waals surface area contributed by atoms with Crippen LogP contribution >= 0.6 is 27.5 Å². The molecule has 1 aromatic carbocycles. The van der Waals surface area contributed by atoms with Gasteiger partial charge in [0.15, 0.2) is 5.15 Å². The number of anilines is 1. The van der Waals surface area contributed by atoms with Crippen LogP contribution in [0.15, 0.2) is 41.0 Å². The Bertz CT molecular complexity index is 534. The largest absolute Gasteiger partial charge is 0.508 e. The number of aromatic hydroxyl groups is 1. The van der Waals surface area contributed by atoms with Gasteiger partial charge in [-0.2, -0.15) is 0 Å². The van der Waals surface area contributed by atoms with Gasteiger partial charge in [0.1, 0.15) is 5.75 Å². The van der Waals surface area contributed by atoms with Crippen molar-refractivity contribution in [3.05, 3.63) is 51.7 Å². The molecule has 88 valence electrons. The minimum atomic E-state index is 0.263. The third kappa shape index (κ3) is 3.11. The number of nitrogens with one attached hydrogen (secondary N) is 1. The summed E-state index contributed by atoms with van der Waals surface area (Å²) in [4.78, 5) is 4.01. The Morgan fingerprint density at radius 2 is 2.12 bits per heavy atom. The third-order valence-corrected chi connectivity index (χ3v) is 3.00. The molecule has 3 nitrogen and oxygen atoms in total. The molecule has 17 heavy (non-hydrogen) atoms. The summed E-state index contributed by atoms with van der Waals surface area (Å²) in [7, 11) is 0. The number of benzene rings is 1. The number of aromatic nitrogens is 1. The van der Waals surface area contributed by atoms with Crippen LogP contribution in [0.3, 0.4) is 0 Å². The van der Waals surface area contributed by atoms with Crippen molar-refractivity contribution < 1.29 is 5.11 Å². The Kier molecular flexibility index (Phi) is 3.86. The summed E-state index contributed by atoms with van der Waals surface area (Å²) < 4.78 is 0.849. The van der Waals surface area contributed by atoms with Crippen molar-refractivity contribution in [3.63, 3.8) is 0 Å². The van der Waals surface area contributed by atoms with Gasteiger partial charge in [-0.25, -0.2) is 4.98 Å². The van der Waals surface area contributed by atoms with Gasteiger partial charge in [-0.1, -0.05) is 29.8 Å². The Labute approximate surface area is 113 Å². The first kappa shape index (κ1) is 12.2. The van der Waals surface area contributed by atoms with Gasteiger partial charge in [-0.05, 0) is 28.1 Å². The van der Waals surface area contributed by atoms with Crippen molar-refractivity contribution in [2.24, 2.45) is 0 Å². The second kappa shape index (κ2) is 5.38. The number of pyridine rings is 1. The van der Waals surface area contributed by atoms with Crippen LogP contribution in [0.25, 0.3) is 0 Å². The molecule has 0 aliphatic carbocycles. The molecule has 0 radical (unpaired) electrons. The monoisotopic (exact) mass is 312 g/mol. The number of phenolic OH excluding ortho intramolecular Hbond substituents is 1. The van der Waals surface area contributed by atoms with E-state index in [1.54, 1.807) is 18.3 Å². The third-order valence-electron chi connectivity index (χ3n) is 2.27. The lowest BCUT2D eigenvalue weighted by Gasteiger charge is -2.09.